The summed E-state index contributed by atoms with van der Waals surface area (Å²) >= 11 is 0. The van der Waals surface area contributed by atoms with Crippen LogP contribution in [0, 0.1) is 0 Å². The van der Waals surface area contributed by atoms with Gasteiger partial charge in [0.25, 0.3) is 0 Å². The molecule has 0 saturated carbocycles. The SMILES string of the molecule is c1ccc(-c2ccc(-c3ccc(N(c4ccc(-c5ccc6c(c5)oc5ccccc56)cc4)c4ccccc4-c4cc(-c5ccccc5)ccc4-c4ccccc4-c4ccccc4)cc3)cc2)cc1. The van der Waals surface area contributed by atoms with Gasteiger partial charge in [0.15, 0.2) is 0 Å². The lowest BCUT2D eigenvalue weighted by Gasteiger charge is -2.29. The molecule has 12 aromatic rings. The first kappa shape index (κ1) is 40.5. The van der Waals surface area contributed by atoms with Crippen LogP contribution in [0.3, 0.4) is 0 Å². The highest BCUT2D eigenvalue weighted by molar-refractivity contribution is 6.06. The number of fused-ring (bicyclic) bond motifs is 3. The fourth-order valence-corrected chi connectivity index (χ4v) is 9.72. The summed E-state index contributed by atoms with van der Waals surface area (Å²) in [6, 6.07) is 98.2. The molecule has 12 rings (SSSR count). The molecule has 0 radical (unpaired) electrons. The molecule has 0 bridgehead atoms. The molecule has 0 amide bonds. The van der Waals surface area contributed by atoms with Crippen LogP contribution >= 0.6 is 0 Å². The molecule has 11 aromatic carbocycles. The second-order valence-electron chi connectivity index (χ2n) is 17.2. The van der Waals surface area contributed by atoms with E-state index >= 15 is 0 Å². The molecule has 1 heterocycles. The van der Waals surface area contributed by atoms with E-state index in [1.165, 1.54) is 44.5 Å². The minimum atomic E-state index is 0.889. The minimum Gasteiger partial charge on any atom is -0.456 e. The van der Waals surface area contributed by atoms with Gasteiger partial charge in [-0.25, -0.2) is 0 Å². The van der Waals surface area contributed by atoms with Gasteiger partial charge in [-0.15, -0.1) is 0 Å². The highest BCUT2D eigenvalue weighted by Gasteiger charge is 2.22. The molecule has 0 atom stereocenters. The Bertz CT molecular complexity index is 3690. The van der Waals surface area contributed by atoms with E-state index in [9.17, 15) is 0 Å². The number of nitrogens with zero attached hydrogens (tertiary/aromatic N) is 1. The van der Waals surface area contributed by atoms with Crippen molar-refractivity contribution < 1.29 is 4.42 Å². The van der Waals surface area contributed by atoms with Crippen LogP contribution in [0.4, 0.5) is 17.1 Å². The van der Waals surface area contributed by atoms with Crippen molar-refractivity contribution in [3.05, 3.63) is 273 Å². The van der Waals surface area contributed by atoms with E-state index in [-0.39, 0.29) is 0 Å². The average Bonchev–Trinajstić information content (AvgIpc) is 3.80. The summed E-state index contributed by atoms with van der Waals surface area (Å²) in [7, 11) is 0. The normalized spacial score (nSPS) is 11.2. The molecule has 0 fully saturated rings. The van der Waals surface area contributed by atoms with Crippen LogP contribution in [0.15, 0.2) is 277 Å². The van der Waals surface area contributed by atoms with Crippen LogP contribution < -0.4 is 4.90 Å². The number of hydrogen-bond acceptors (Lipinski definition) is 2. The van der Waals surface area contributed by atoms with Gasteiger partial charge in [-0.3, -0.25) is 0 Å². The van der Waals surface area contributed by atoms with Gasteiger partial charge in [0, 0.05) is 27.7 Å². The average molecular weight is 868 g/mol. The zero-order valence-corrected chi connectivity index (χ0v) is 37.3. The van der Waals surface area contributed by atoms with Crippen molar-refractivity contribution in [1.82, 2.24) is 0 Å². The number of para-hydroxylation sites is 2. The second-order valence-corrected chi connectivity index (χ2v) is 17.2. The van der Waals surface area contributed by atoms with E-state index in [2.05, 4.69) is 266 Å². The van der Waals surface area contributed by atoms with E-state index in [4.69, 9.17) is 4.42 Å². The van der Waals surface area contributed by atoms with Crippen LogP contribution in [-0.2, 0) is 0 Å². The first-order valence-corrected chi connectivity index (χ1v) is 23.2. The largest absolute Gasteiger partial charge is 0.456 e. The maximum atomic E-state index is 6.32. The zero-order valence-electron chi connectivity index (χ0n) is 37.3. The fourth-order valence-electron chi connectivity index (χ4n) is 9.72. The van der Waals surface area contributed by atoms with Crippen molar-refractivity contribution >= 4 is 39.0 Å². The van der Waals surface area contributed by atoms with E-state index < -0.39 is 0 Å². The lowest BCUT2D eigenvalue weighted by atomic mass is 9.86. The fraction of sp³-hybridized carbons (Fsp3) is 0. The molecular weight excluding hydrogens is 823 g/mol. The van der Waals surface area contributed by atoms with Gasteiger partial charge in [-0.05, 0) is 127 Å². The molecule has 0 N–H and O–H groups in total. The Kier molecular flexibility index (Phi) is 10.6. The van der Waals surface area contributed by atoms with Crippen molar-refractivity contribution in [2.75, 3.05) is 4.90 Å². The molecule has 2 heteroatoms. The Balaban J connectivity index is 1.00. The Morgan fingerprint density at radius 3 is 1.25 bits per heavy atom. The lowest BCUT2D eigenvalue weighted by Crippen LogP contribution is -2.11. The number of furan rings is 1. The second kappa shape index (κ2) is 17.8. The van der Waals surface area contributed by atoms with Crippen LogP contribution in [0.5, 0.6) is 0 Å². The minimum absolute atomic E-state index is 0.889. The third-order valence-corrected chi connectivity index (χ3v) is 13.2. The van der Waals surface area contributed by atoms with E-state index in [0.29, 0.717) is 0 Å². The molecule has 0 aliphatic carbocycles. The van der Waals surface area contributed by atoms with Crippen molar-refractivity contribution in [2.45, 2.75) is 0 Å². The van der Waals surface area contributed by atoms with Gasteiger partial charge in [-0.2, -0.15) is 0 Å². The summed E-state index contributed by atoms with van der Waals surface area (Å²) in [6.07, 6.45) is 0. The molecule has 1 aromatic heterocycles. The Morgan fingerprint density at radius 2 is 0.618 bits per heavy atom. The van der Waals surface area contributed by atoms with Crippen LogP contribution in [0.2, 0.25) is 0 Å². The molecular formula is C66H45NO. The van der Waals surface area contributed by atoms with Crippen LogP contribution in [0.25, 0.3) is 99.8 Å². The summed E-state index contributed by atoms with van der Waals surface area (Å²) in [4.78, 5) is 2.41. The molecule has 0 aliphatic rings. The van der Waals surface area contributed by atoms with Crippen molar-refractivity contribution in [1.29, 1.82) is 0 Å². The Morgan fingerprint density at radius 1 is 0.221 bits per heavy atom. The monoisotopic (exact) mass is 867 g/mol. The highest BCUT2D eigenvalue weighted by atomic mass is 16.3. The maximum absolute atomic E-state index is 6.32. The van der Waals surface area contributed by atoms with Gasteiger partial charge in [0.1, 0.15) is 11.2 Å². The molecule has 0 saturated heterocycles. The smallest absolute Gasteiger partial charge is 0.136 e. The van der Waals surface area contributed by atoms with Gasteiger partial charge in [0.2, 0.25) is 0 Å². The third kappa shape index (κ3) is 7.74. The molecule has 0 spiro atoms. The molecule has 320 valence electrons. The Labute approximate surface area is 397 Å². The van der Waals surface area contributed by atoms with Crippen LogP contribution in [0.1, 0.15) is 0 Å². The van der Waals surface area contributed by atoms with Crippen molar-refractivity contribution in [3.63, 3.8) is 0 Å². The first-order chi connectivity index (χ1) is 33.7. The number of benzene rings is 11. The van der Waals surface area contributed by atoms with Crippen molar-refractivity contribution in [2.24, 2.45) is 0 Å². The summed E-state index contributed by atoms with van der Waals surface area (Å²) in [5.74, 6) is 0. The topological polar surface area (TPSA) is 16.4 Å². The summed E-state index contributed by atoms with van der Waals surface area (Å²) in [5, 5.41) is 2.26. The van der Waals surface area contributed by atoms with Gasteiger partial charge in [0.05, 0.1) is 5.69 Å². The van der Waals surface area contributed by atoms with E-state index in [1.54, 1.807) is 0 Å². The summed E-state index contributed by atoms with van der Waals surface area (Å²) < 4.78 is 6.32. The van der Waals surface area contributed by atoms with Crippen LogP contribution in [-0.4, -0.2) is 0 Å². The van der Waals surface area contributed by atoms with Gasteiger partial charge >= 0.3 is 0 Å². The predicted molar refractivity (Wildman–Crippen MR) is 286 cm³/mol. The third-order valence-electron chi connectivity index (χ3n) is 13.2. The molecule has 68 heavy (non-hydrogen) atoms. The summed E-state index contributed by atoms with van der Waals surface area (Å²) in [5.41, 5.74) is 21.3. The van der Waals surface area contributed by atoms with Gasteiger partial charge < -0.3 is 9.32 Å². The highest BCUT2D eigenvalue weighted by Crippen LogP contribution is 2.47. The van der Waals surface area contributed by atoms with Gasteiger partial charge in [-0.1, -0.05) is 218 Å². The molecule has 0 aliphatic heterocycles. The van der Waals surface area contributed by atoms with Crippen molar-refractivity contribution in [3.8, 4) is 77.9 Å². The van der Waals surface area contributed by atoms with E-state index in [0.717, 1.165) is 72.4 Å². The zero-order chi connectivity index (χ0) is 45.2. The maximum Gasteiger partial charge on any atom is 0.136 e. The Hall–Kier alpha value is -8.98. The molecule has 0 unspecified atom stereocenters. The predicted octanol–water partition coefficient (Wildman–Crippen LogP) is 18.7. The summed E-state index contributed by atoms with van der Waals surface area (Å²) in [6.45, 7) is 0. The molecule has 2 nitrogen and oxygen atoms in total. The quantitative estimate of drug-likeness (QED) is 0.136. The first-order valence-electron chi connectivity index (χ1n) is 23.2. The number of anilines is 3. The number of hydrogen-bond donors (Lipinski definition) is 0. The lowest BCUT2D eigenvalue weighted by molar-refractivity contribution is 0.669. The van der Waals surface area contributed by atoms with E-state index in [1.807, 2.05) is 12.1 Å². The number of rotatable bonds is 10. The standard InChI is InChI=1S/C66H45NO/c1-4-16-46(17-5-1)48-28-30-49(31-29-48)50-32-38-55(39-33-50)67(56-40-34-51(35-41-56)54-37-43-62-61-25-13-15-27-65(61)68-66(62)45-54)64-26-14-12-24-60(64)63-44-53(47-18-6-2-7-19-47)36-42-59(63)58-23-11-10-22-57(58)52-20-8-3-9-21-52/h1-45H.